The molecular weight excluding hydrogens is 364 g/mol. The molecule has 1 fully saturated rings. The van der Waals surface area contributed by atoms with E-state index in [1.54, 1.807) is 0 Å². The summed E-state index contributed by atoms with van der Waals surface area (Å²) in [6.45, 7) is 26.2. The Morgan fingerprint density at radius 1 is 0.690 bits per heavy atom. The summed E-state index contributed by atoms with van der Waals surface area (Å²) in [4.78, 5) is 24.2. The van der Waals surface area contributed by atoms with E-state index in [-0.39, 0.29) is 10.8 Å². The van der Waals surface area contributed by atoms with Crippen molar-refractivity contribution in [3.05, 3.63) is 0 Å². The third-order valence-corrected chi connectivity index (χ3v) is 5.49. The summed E-state index contributed by atoms with van der Waals surface area (Å²) in [5.41, 5.74) is -0.488. The molecule has 4 nitrogen and oxygen atoms in total. The van der Waals surface area contributed by atoms with E-state index in [0.29, 0.717) is 11.8 Å². The highest BCUT2D eigenvalue weighted by molar-refractivity contribution is 4.82. The maximum Gasteiger partial charge on any atom is 0.234 e. The minimum atomic E-state index is -0.838. The van der Waals surface area contributed by atoms with Crippen LogP contribution in [-0.4, -0.2) is 17.0 Å². The van der Waals surface area contributed by atoms with Crippen molar-refractivity contribution >= 4 is 0 Å². The molecule has 1 aliphatic rings. The van der Waals surface area contributed by atoms with Gasteiger partial charge in [-0.3, -0.25) is 0 Å². The van der Waals surface area contributed by atoms with Gasteiger partial charge in [-0.05, 0) is 76.0 Å². The SMILES string of the molecule is CC(C)C1CCC(OOC(C)(C)CC(C)(C)C)(OOC(C)(C)CC(C)(C)C)CC1. The van der Waals surface area contributed by atoms with E-state index in [4.69, 9.17) is 19.6 Å². The standard InChI is InChI=1S/C25H50O4/c1-19(2)20-13-15-25(16-14-20,28-26-23(9,10)17-21(3,4)5)29-27-24(11,12)18-22(6,7)8/h19-20H,13-18H2,1-12H3. The van der Waals surface area contributed by atoms with Gasteiger partial charge in [-0.1, -0.05) is 55.4 Å². The molecular formula is C25H50O4. The van der Waals surface area contributed by atoms with Crippen molar-refractivity contribution in [2.45, 2.75) is 139 Å². The van der Waals surface area contributed by atoms with Gasteiger partial charge in [0.05, 0.1) is 11.2 Å². The Kier molecular flexibility index (Phi) is 8.84. The van der Waals surface area contributed by atoms with Crippen molar-refractivity contribution in [3.63, 3.8) is 0 Å². The van der Waals surface area contributed by atoms with Crippen molar-refractivity contribution in [3.8, 4) is 0 Å². The van der Waals surface area contributed by atoms with Crippen molar-refractivity contribution in [1.29, 1.82) is 0 Å². The van der Waals surface area contributed by atoms with Crippen molar-refractivity contribution in [1.82, 2.24) is 0 Å². The van der Waals surface area contributed by atoms with Gasteiger partial charge in [0.2, 0.25) is 5.79 Å². The molecule has 0 spiro atoms. The lowest BCUT2D eigenvalue weighted by molar-refractivity contribution is -0.550. The number of rotatable bonds is 9. The summed E-state index contributed by atoms with van der Waals surface area (Å²) >= 11 is 0. The van der Waals surface area contributed by atoms with Gasteiger partial charge < -0.3 is 0 Å². The van der Waals surface area contributed by atoms with E-state index < -0.39 is 17.0 Å². The Labute approximate surface area is 181 Å². The van der Waals surface area contributed by atoms with Gasteiger partial charge >= 0.3 is 0 Å². The van der Waals surface area contributed by atoms with E-state index in [1.807, 2.05) is 0 Å². The minimum absolute atomic E-state index is 0.154. The average molecular weight is 415 g/mol. The highest BCUT2D eigenvalue weighted by Crippen LogP contribution is 2.42. The summed E-state index contributed by atoms with van der Waals surface area (Å²) < 4.78 is 0. The second kappa shape index (κ2) is 9.54. The summed E-state index contributed by atoms with van der Waals surface area (Å²) in [6, 6.07) is 0. The second-order valence-corrected chi connectivity index (χ2v) is 13.3. The first-order chi connectivity index (χ1) is 12.8. The normalized spacial score (nSPS) is 19.8. The lowest BCUT2D eigenvalue weighted by Gasteiger charge is -2.42. The monoisotopic (exact) mass is 414 g/mol. The third kappa shape index (κ3) is 10.6. The maximum absolute atomic E-state index is 6.09. The van der Waals surface area contributed by atoms with Gasteiger partial charge in [0.1, 0.15) is 0 Å². The van der Waals surface area contributed by atoms with Gasteiger partial charge in [0, 0.05) is 12.8 Å². The van der Waals surface area contributed by atoms with Gasteiger partial charge in [0.25, 0.3) is 0 Å². The molecule has 0 atom stereocenters. The van der Waals surface area contributed by atoms with Crippen LogP contribution in [0.25, 0.3) is 0 Å². The van der Waals surface area contributed by atoms with Crippen LogP contribution in [0.1, 0.15) is 122 Å². The maximum atomic E-state index is 6.09. The second-order valence-electron chi connectivity index (χ2n) is 13.3. The molecule has 0 bridgehead atoms. The first kappa shape index (κ1) is 26.9. The summed E-state index contributed by atoms with van der Waals surface area (Å²) in [6.07, 6.45) is 5.47. The lowest BCUT2D eigenvalue weighted by Crippen LogP contribution is -2.46. The molecule has 0 N–H and O–H groups in total. The molecule has 1 rings (SSSR count). The Balaban J connectivity index is 2.85. The molecule has 0 aromatic carbocycles. The Hall–Kier alpha value is -0.160. The average Bonchev–Trinajstić information content (AvgIpc) is 2.47. The molecule has 4 heteroatoms. The fourth-order valence-corrected chi connectivity index (χ4v) is 4.92. The predicted octanol–water partition coefficient (Wildman–Crippen LogP) is 7.85. The van der Waals surface area contributed by atoms with Crippen LogP contribution in [0.4, 0.5) is 0 Å². The molecule has 0 unspecified atom stereocenters. The number of hydrogen-bond acceptors (Lipinski definition) is 4. The lowest BCUT2D eigenvalue weighted by atomic mass is 9.79. The molecule has 29 heavy (non-hydrogen) atoms. The first-order valence-electron chi connectivity index (χ1n) is 11.6. The summed E-state index contributed by atoms with van der Waals surface area (Å²) in [5.74, 6) is 0.528. The van der Waals surface area contributed by atoms with Crippen molar-refractivity contribution in [2.24, 2.45) is 22.7 Å². The highest BCUT2D eigenvalue weighted by atomic mass is 17.3. The molecule has 0 aliphatic heterocycles. The zero-order valence-electron chi connectivity index (χ0n) is 21.5. The van der Waals surface area contributed by atoms with E-state index in [1.165, 1.54) is 0 Å². The molecule has 1 aliphatic carbocycles. The molecule has 0 heterocycles. The van der Waals surface area contributed by atoms with Gasteiger partial charge in [0.15, 0.2) is 0 Å². The molecule has 174 valence electrons. The van der Waals surface area contributed by atoms with Crippen LogP contribution in [0, 0.1) is 22.7 Å². The molecule has 0 saturated heterocycles. The van der Waals surface area contributed by atoms with Crippen LogP contribution in [0.15, 0.2) is 0 Å². The fraction of sp³-hybridized carbons (Fsp3) is 1.00. The van der Waals surface area contributed by atoms with Crippen LogP contribution in [-0.2, 0) is 19.6 Å². The smallest absolute Gasteiger partial charge is 0.228 e. The van der Waals surface area contributed by atoms with Crippen molar-refractivity contribution in [2.75, 3.05) is 0 Å². The number of hydrogen-bond donors (Lipinski definition) is 0. The zero-order valence-corrected chi connectivity index (χ0v) is 21.5. The molecule has 0 amide bonds. The van der Waals surface area contributed by atoms with Crippen LogP contribution >= 0.6 is 0 Å². The van der Waals surface area contributed by atoms with E-state index in [9.17, 15) is 0 Å². The van der Waals surface area contributed by atoms with Gasteiger partial charge in [-0.15, -0.1) is 0 Å². The summed E-state index contributed by atoms with van der Waals surface area (Å²) in [7, 11) is 0. The summed E-state index contributed by atoms with van der Waals surface area (Å²) in [5, 5.41) is 0. The van der Waals surface area contributed by atoms with Crippen LogP contribution in [0.5, 0.6) is 0 Å². The third-order valence-electron chi connectivity index (χ3n) is 5.49. The quantitative estimate of drug-likeness (QED) is 0.219. The Morgan fingerprint density at radius 2 is 1.03 bits per heavy atom. The zero-order chi connectivity index (χ0) is 22.7. The first-order valence-corrected chi connectivity index (χ1v) is 11.6. The van der Waals surface area contributed by atoms with Crippen LogP contribution < -0.4 is 0 Å². The topological polar surface area (TPSA) is 36.9 Å². The van der Waals surface area contributed by atoms with Gasteiger partial charge in [-0.25, -0.2) is 9.78 Å². The van der Waals surface area contributed by atoms with E-state index in [0.717, 1.165) is 38.5 Å². The Bertz CT molecular complexity index is 452. The molecule has 0 radical (unpaired) electrons. The molecule has 0 aromatic heterocycles. The van der Waals surface area contributed by atoms with E-state index >= 15 is 0 Å². The fourth-order valence-electron chi connectivity index (χ4n) is 4.92. The van der Waals surface area contributed by atoms with Crippen LogP contribution in [0.2, 0.25) is 0 Å². The highest BCUT2D eigenvalue weighted by Gasteiger charge is 2.44. The van der Waals surface area contributed by atoms with Crippen molar-refractivity contribution < 1.29 is 19.6 Å². The molecule has 0 aromatic rings. The van der Waals surface area contributed by atoms with E-state index in [2.05, 4.69) is 83.1 Å². The predicted molar refractivity (Wildman–Crippen MR) is 120 cm³/mol. The Morgan fingerprint density at radius 3 is 1.31 bits per heavy atom. The largest absolute Gasteiger partial charge is 0.234 e. The minimum Gasteiger partial charge on any atom is -0.228 e. The molecule has 1 saturated carbocycles. The van der Waals surface area contributed by atoms with Gasteiger partial charge in [-0.2, -0.15) is 9.78 Å². The van der Waals surface area contributed by atoms with Crippen LogP contribution in [0.3, 0.4) is 0 Å².